The van der Waals surface area contributed by atoms with E-state index in [1.54, 1.807) is 4.68 Å². The second-order valence-electron chi connectivity index (χ2n) is 2.85. The van der Waals surface area contributed by atoms with Gasteiger partial charge in [0.1, 0.15) is 10.4 Å². The summed E-state index contributed by atoms with van der Waals surface area (Å²) in [7, 11) is 1.87. The van der Waals surface area contributed by atoms with E-state index in [1.165, 1.54) is 0 Å². The Morgan fingerprint density at radius 2 is 2.14 bits per heavy atom. The molecule has 0 aromatic carbocycles. The number of rotatable bonds is 2. The minimum absolute atomic E-state index is 0.776. The lowest BCUT2D eigenvalue weighted by atomic mass is 10.4. The van der Waals surface area contributed by atoms with Crippen LogP contribution in [0.2, 0.25) is 0 Å². The van der Waals surface area contributed by atoms with Gasteiger partial charge < -0.3 is 5.32 Å². The third-order valence-corrected chi connectivity index (χ3v) is 2.13. The van der Waals surface area contributed by atoms with E-state index in [4.69, 9.17) is 0 Å². The quantitative estimate of drug-likeness (QED) is 0.835. The number of nitrogens with zero attached hydrogens (tertiary/aromatic N) is 3. The number of aryl methyl sites for hydroxylation is 1. The lowest BCUT2D eigenvalue weighted by Crippen LogP contribution is -1.95. The molecule has 0 saturated carbocycles. The molecule has 2 heterocycles. The van der Waals surface area contributed by atoms with Gasteiger partial charge >= 0.3 is 0 Å². The summed E-state index contributed by atoms with van der Waals surface area (Å²) < 4.78 is 2.54. The first-order valence-electron chi connectivity index (χ1n) is 4.13. The zero-order valence-corrected chi connectivity index (χ0v) is 9.19. The maximum Gasteiger partial charge on any atom is 0.153 e. The molecule has 0 spiro atoms. The average Bonchev–Trinajstić information content (AvgIpc) is 2.51. The van der Waals surface area contributed by atoms with Crippen LogP contribution < -0.4 is 5.32 Å². The molecule has 72 valence electrons. The Hall–Kier alpha value is -1.36. The highest BCUT2D eigenvalue weighted by Crippen LogP contribution is 2.14. The van der Waals surface area contributed by atoms with E-state index >= 15 is 0 Å². The number of nitrogens with one attached hydrogen (secondary N) is 1. The van der Waals surface area contributed by atoms with E-state index in [0.29, 0.717) is 0 Å². The molecule has 0 unspecified atom stereocenters. The van der Waals surface area contributed by atoms with Crippen molar-refractivity contribution in [1.29, 1.82) is 0 Å². The Morgan fingerprint density at radius 1 is 1.29 bits per heavy atom. The number of hydrogen-bond acceptors (Lipinski definition) is 3. The van der Waals surface area contributed by atoms with Crippen LogP contribution in [0.15, 0.2) is 35.1 Å². The minimum Gasteiger partial charge on any atom is -0.323 e. The predicted molar refractivity (Wildman–Crippen MR) is 58.4 cm³/mol. The number of halogens is 1. The van der Waals surface area contributed by atoms with Crippen molar-refractivity contribution in [3.63, 3.8) is 0 Å². The summed E-state index contributed by atoms with van der Waals surface area (Å²) in [6, 6.07) is 7.58. The summed E-state index contributed by atoms with van der Waals surface area (Å²) in [5.41, 5.74) is 0. The third-order valence-electron chi connectivity index (χ3n) is 1.68. The van der Waals surface area contributed by atoms with E-state index in [2.05, 4.69) is 31.3 Å². The molecule has 0 amide bonds. The minimum atomic E-state index is 0.776. The molecule has 1 N–H and O–H groups in total. The van der Waals surface area contributed by atoms with Crippen molar-refractivity contribution in [2.45, 2.75) is 0 Å². The van der Waals surface area contributed by atoms with Gasteiger partial charge in [0.15, 0.2) is 5.82 Å². The van der Waals surface area contributed by atoms with Crippen molar-refractivity contribution in [3.8, 4) is 0 Å². The van der Waals surface area contributed by atoms with Gasteiger partial charge in [-0.25, -0.2) is 4.98 Å². The van der Waals surface area contributed by atoms with Gasteiger partial charge in [0.25, 0.3) is 0 Å². The molecule has 4 nitrogen and oxygen atoms in total. The Labute approximate surface area is 90.1 Å². The molecule has 0 bridgehead atoms. The van der Waals surface area contributed by atoms with Crippen LogP contribution in [0.5, 0.6) is 0 Å². The van der Waals surface area contributed by atoms with Gasteiger partial charge in [-0.15, -0.1) is 0 Å². The fourth-order valence-electron chi connectivity index (χ4n) is 1.09. The van der Waals surface area contributed by atoms with Crippen molar-refractivity contribution in [2.24, 2.45) is 7.05 Å². The Bertz CT molecular complexity index is 438. The summed E-state index contributed by atoms with van der Waals surface area (Å²) in [5, 5.41) is 7.28. The monoisotopic (exact) mass is 252 g/mol. The maximum absolute atomic E-state index is 4.23. The van der Waals surface area contributed by atoms with Crippen LogP contribution in [0.3, 0.4) is 0 Å². The van der Waals surface area contributed by atoms with Crippen molar-refractivity contribution in [1.82, 2.24) is 14.8 Å². The fraction of sp³-hybridized carbons (Fsp3) is 0.111. The van der Waals surface area contributed by atoms with Crippen LogP contribution in [-0.4, -0.2) is 14.8 Å². The standard InChI is InChI=1S/C9H9BrN4/c1-14-6-5-9(13-14)12-8-4-2-3-7(10)11-8/h2-6H,1H3,(H,11,12,13). The van der Waals surface area contributed by atoms with E-state index in [1.807, 2.05) is 37.5 Å². The molecule has 14 heavy (non-hydrogen) atoms. The van der Waals surface area contributed by atoms with Crippen molar-refractivity contribution in [3.05, 3.63) is 35.1 Å². The molecule has 0 atom stereocenters. The predicted octanol–water partition coefficient (Wildman–Crippen LogP) is 2.32. The lowest BCUT2D eigenvalue weighted by molar-refractivity contribution is 0.771. The molecule has 0 aliphatic heterocycles. The van der Waals surface area contributed by atoms with E-state index in [-0.39, 0.29) is 0 Å². The molecule has 0 aliphatic rings. The van der Waals surface area contributed by atoms with Crippen molar-refractivity contribution in [2.75, 3.05) is 5.32 Å². The molecule has 2 rings (SSSR count). The number of anilines is 2. The Balaban J connectivity index is 2.18. The highest BCUT2D eigenvalue weighted by molar-refractivity contribution is 9.10. The van der Waals surface area contributed by atoms with E-state index < -0.39 is 0 Å². The summed E-state index contributed by atoms with van der Waals surface area (Å²) in [6.07, 6.45) is 1.88. The Kier molecular flexibility index (Phi) is 2.49. The van der Waals surface area contributed by atoms with Crippen LogP contribution >= 0.6 is 15.9 Å². The summed E-state index contributed by atoms with van der Waals surface area (Å²) in [4.78, 5) is 4.23. The molecule has 0 radical (unpaired) electrons. The van der Waals surface area contributed by atoms with Crippen LogP contribution in [0.1, 0.15) is 0 Å². The first-order valence-corrected chi connectivity index (χ1v) is 4.92. The molecule has 2 aromatic heterocycles. The lowest BCUT2D eigenvalue weighted by Gasteiger charge is -2.01. The summed E-state index contributed by atoms with van der Waals surface area (Å²) >= 11 is 3.30. The Morgan fingerprint density at radius 3 is 2.79 bits per heavy atom. The van der Waals surface area contributed by atoms with Gasteiger partial charge in [-0.05, 0) is 28.1 Å². The highest BCUT2D eigenvalue weighted by Gasteiger charge is 1.98. The van der Waals surface area contributed by atoms with E-state index in [0.717, 1.165) is 16.2 Å². The van der Waals surface area contributed by atoms with Crippen LogP contribution in [0.25, 0.3) is 0 Å². The third kappa shape index (κ3) is 2.11. The maximum atomic E-state index is 4.23. The zero-order valence-electron chi connectivity index (χ0n) is 7.61. The number of hydrogen-bond donors (Lipinski definition) is 1. The first kappa shape index (κ1) is 9.21. The van der Waals surface area contributed by atoms with Crippen LogP contribution in [0.4, 0.5) is 11.6 Å². The SMILES string of the molecule is Cn1ccc(Nc2cccc(Br)n2)n1. The molecule has 0 aliphatic carbocycles. The second kappa shape index (κ2) is 3.79. The van der Waals surface area contributed by atoms with E-state index in [9.17, 15) is 0 Å². The molecular formula is C9H9BrN4. The van der Waals surface area contributed by atoms with Crippen molar-refractivity contribution >= 4 is 27.6 Å². The fourth-order valence-corrected chi connectivity index (χ4v) is 1.43. The van der Waals surface area contributed by atoms with Crippen LogP contribution in [-0.2, 0) is 7.05 Å². The number of aromatic nitrogens is 3. The molecule has 0 saturated heterocycles. The molecular weight excluding hydrogens is 244 g/mol. The van der Waals surface area contributed by atoms with Gasteiger partial charge in [-0.2, -0.15) is 5.10 Å². The van der Waals surface area contributed by atoms with Gasteiger partial charge in [0, 0.05) is 19.3 Å². The summed E-state index contributed by atoms with van der Waals surface area (Å²) in [5.74, 6) is 1.57. The van der Waals surface area contributed by atoms with Gasteiger partial charge in [0.2, 0.25) is 0 Å². The molecule has 0 fully saturated rings. The first-order chi connectivity index (χ1) is 6.74. The highest BCUT2D eigenvalue weighted by atomic mass is 79.9. The second-order valence-corrected chi connectivity index (χ2v) is 3.66. The van der Waals surface area contributed by atoms with Gasteiger partial charge in [0.05, 0.1) is 0 Å². The van der Waals surface area contributed by atoms with Crippen molar-refractivity contribution < 1.29 is 0 Å². The summed E-state index contributed by atoms with van der Waals surface area (Å²) in [6.45, 7) is 0. The largest absolute Gasteiger partial charge is 0.323 e. The van der Waals surface area contributed by atoms with Crippen LogP contribution in [0, 0.1) is 0 Å². The molecule has 5 heteroatoms. The van der Waals surface area contributed by atoms with Gasteiger partial charge in [-0.1, -0.05) is 6.07 Å². The molecule has 2 aromatic rings. The topological polar surface area (TPSA) is 42.7 Å². The zero-order chi connectivity index (χ0) is 9.97. The average molecular weight is 253 g/mol. The smallest absolute Gasteiger partial charge is 0.153 e. The number of pyridine rings is 1. The normalized spacial score (nSPS) is 10.1. The van der Waals surface area contributed by atoms with Gasteiger partial charge in [-0.3, -0.25) is 4.68 Å².